The number of halogens is 2. The summed E-state index contributed by atoms with van der Waals surface area (Å²) in [5, 5.41) is 10.8. The van der Waals surface area contributed by atoms with Gasteiger partial charge in [0.05, 0.1) is 12.7 Å². The maximum Gasteiger partial charge on any atom is 0.330 e. The fourth-order valence-electron chi connectivity index (χ4n) is 1.99. The van der Waals surface area contributed by atoms with Crippen LogP contribution in [-0.2, 0) is 23.4 Å². The van der Waals surface area contributed by atoms with E-state index in [9.17, 15) is 28.4 Å². The van der Waals surface area contributed by atoms with Crippen molar-refractivity contribution < 1.29 is 32.9 Å². The van der Waals surface area contributed by atoms with Gasteiger partial charge in [-0.1, -0.05) is 15.9 Å². The van der Waals surface area contributed by atoms with Gasteiger partial charge in [0.1, 0.15) is 23.8 Å². The first-order valence-electron chi connectivity index (χ1n) is 8.54. The fraction of sp³-hybridized carbons (Fsp3) is 0.667. The standard InChI is InChI=1S/C15H24BrFN3O8P/c1-8(2)27-14(23)9(3)19-29(25)26-7-10(13(16)22)28-12(6-17)20-5-4-11(21)18-15(20)24/h4-5,8-10,12-13,22,29H,6-7H2,1-3H3,(H,19,25)(H,18,21,24)/t9-,10+,12?,13+/m0/s1. The molecule has 0 fully saturated rings. The predicted octanol–water partition coefficient (Wildman–Crippen LogP) is 0.439. The van der Waals surface area contributed by atoms with Crippen molar-refractivity contribution in [1.29, 1.82) is 0 Å². The highest BCUT2D eigenvalue weighted by atomic mass is 79.9. The number of rotatable bonds is 12. The molecule has 14 heteroatoms. The van der Waals surface area contributed by atoms with Crippen LogP contribution in [-0.4, -0.2) is 57.2 Å². The van der Waals surface area contributed by atoms with E-state index >= 15 is 0 Å². The molecular weight excluding hydrogens is 480 g/mol. The second kappa shape index (κ2) is 12.4. The van der Waals surface area contributed by atoms with Gasteiger partial charge in [0.25, 0.3) is 13.7 Å². The summed E-state index contributed by atoms with van der Waals surface area (Å²) in [4.78, 5) is 36.5. The van der Waals surface area contributed by atoms with E-state index in [0.29, 0.717) is 0 Å². The Bertz CT molecular complexity index is 802. The van der Waals surface area contributed by atoms with Crippen LogP contribution in [0.25, 0.3) is 0 Å². The Kier molecular flexibility index (Phi) is 10.9. The molecule has 1 aromatic rings. The Labute approximate surface area is 174 Å². The number of alkyl halides is 2. The molecule has 11 nitrogen and oxygen atoms in total. The number of nitrogens with zero attached hydrogens (tertiary/aromatic N) is 1. The minimum absolute atomic E-state index is 0.342. The summed E-state index contributed by atoms with van der Waals surface area (Å²) in [5.74, 6) is -0.620. The Morgan fingerprint density at radius 2 is 2.07 bits per heavy atom. The molecular formula is C15H24BrFN3O8P. The van der Waals surface area contributed by atoms with Gasteiger partial charge in [-0.15, -0.1) is 0 Å². The van der Waals surface area contributed by atoms with Crippen molar-refractivity contribution >= 4 is 30.1 Å². The molecule has 0 aliphatic heterocycles. The third kappa shape index (κ3) is 8.89. The number of esters is 1. The number of hydrogen-bond acceptors (Lipinski definition) is 8. The summed E-state index contributed by atoms with van der Waals surface area (Å²) >= 11 is 2.85. The third-order valence-electron chi connectivity index (χ3n) is 3.35. The Hall–Kier alpha value is -1.37. The fourth-order valence-corrected chi connectivity index (χ4v) is 3.13. The number of aliphatic hydroxyl groups excluding tert-OH is 1. The van der Waals surface area contributed by atoms with Crippen molar-refractivity contribution in [2.75, 3.05) is 13.3 Å². The smallest absolute Gasteiger partial charge is 0.330 e. The zero-order valence-electron chi connectivity index (χ0n) is 16.0. The highest BCUT2D eigenvalue weighted by Crippen LogP contribution is 2.22. The van der Waals surface area contributed by atoms with E-state index in [1.54, 1.807) is 13.8 Å². The normalized spacial score (nSPS) is 16.8. The van der Waals surface area contributed by atoms with Crippen LogP contribution in [0.3, 0.4) is 0 Å². The van der Waals surface area contributed by atoms with Crippen molar-refractivity contribution in [3.8, 4) is 0 Å². The highest BCUT2D eigenvalue weighted by molar-refractivity contribution is 9.09. The number of aromatic nitrogens is 2. The van der Waals surface area contributed by atoms with Crippen molar-refractivity contribution in [2.24, 2.45) is 0 Å². The zero-order chi connectivity index (χ0) is 22.1. The van der Waals surface area contributed by atoms with Crippen molar-refractivity contribution in [3.63, 3.8) is 0 Å². The molecule has 0 saturated heterocycles. The van der Waals surface area contributed by atoms with Gasteiger partial charge < -0.3 is 19.1 Å². The van der Waals surface area contributed by atoms with E-state index in [4.69, 9.17) is 14.0 Å². The number of nitrogens with one attached hydrogen (secondary N) is 2. The van der Waals surface area contributed by atoms with Crippen LogP contribution in [0, 0.1) is 0 Å². The second-order valence-electron chi connectivity index (χ2n) is 6.12. The molecule has 5 atom stereocenters. The lowest BCUT2D eigenvalue weighted by atomic mass is 10.4. The van der Waals surface area contributed by atoms with Crippen LogP contribution in [0.1, 0.15) is 27.0 Å². The lowest BCUT2D eigenvalue weighted by Gasteiger charge is -2.25. The van der Waals surface area contributed by atoms with Crippen LogP contribution in [0.5, 0.6) is 0 Å². The van der Waals surface area contributed by atoms with E-state index in [-0.39, 0.29) is 6.10 Å². The van der Waals surface area contributed by atoms with Crippen LogP contribution < -0.4 is 16.3 Å². The molecule has 3 N–H and O–H groups in total. The molecule has 2 unspecified atom stereocenters. The molecule has 0 amide bonds. The number of carbonyl (C=O) groups excluding carboxylic acids is 1. The van der Waals surface area contributed by atoms with Crippen molar-refractivity contribution in [3.05, 3.63) is 33.1 Å². The van der Waals surface area contributed by atoms with Gasteiger partial charge in [0.15, 0.2) is 6.23 Å². The summed E-state index contributed by atoms with van der Waals surface area (Å²) in [6.07, 6.45) is -2.01. The predicted molar refractivity (Wildman–Crippen MR) is 105 cm³/mol. The second-order valence-corrected chi connectivity index (χ2v) is 8.21. The number of hydrogen-bond donors (Lipinski definition) is 3. The Morgan fingerprint density at radius 3 is 2.59 bits per heavy atom. The number of ether oxygens (including phenoxy) is 2. The summed E-state index contributed by atoms with van der Waals surface area (Å²) < 4.78 is 41.5. The van der Waals surface area contributed by atoms with E-state index in [0.717, 1.165) is 16.8 Å². The Balaban J connectivity index is 2.70. The summed E-state index contributed by atoms with van der Waals surface area (Å²) in [7, 11) is -2.94. The van der Waals surface area contributed by atoms with Gasteiger partial charge in [-0.05, 0) is 20.8 Å². The summed E-state index contributed by atoms with van der Waals surface area (Å²) in [5.41, 5.74) is -1.57. The third-order valence-corrected chi connectivity index (χ3v) is 5.04. The minimum atomic E-state index is -2.94. The molecule has 0 radical (unpaired) electrons. The molecule has 1 aromatic heterocycles. The van der Waals surface area contributed by atoms with Crippen molar-refractivity contribution in [1.82, 2.24) is 14.6 Å². The highest BCUT2D eigenvalue weighted by Gasteiger charge is 2.26. The van der Waals surface area contributed by atoms with Gasteiger partial charge in [0.2, 0.25) is 0 Å². The SMILES string of the molecule is CC(C)OC(=O)[C@H](C)N[PH](=O)OC[C@@H](OC(CF)n1ccc(=O)[nH]c1=O)[C@@H](O)Br. The van der Waals surface area contributed by atoms with Gasteiger partial charge in [-0.3, -0.25) is 23.7 Å². The average molecular weight is 504 g/mol. The van der Waals surface area contributed by atoms with E-state index < -0.39 is 62.1 Å². The van der Waals surface area contributed by atoms with E-state index in [1.165, 1.54) is 6.92 Å². The monoisotopic (exact) mass is 503 g/mol. The maximum absolute atomic E-state index is 13.4. The molecule has 0 saturated carbocycles. The first kappa shape index (κ1) is 25.7. The summed E-state index contributed by atoms with van der Waals surface area (Å²) in [6.45, 7) is 3.15. The number of carbonyl (C=O) groups is 1. The van der Waals surface area contributed by atoms with Crippen LogP contribution in [0.15, 0.2) is 21.9 Å². The quantitative estimate of drug-likeness (QED) is 0.209. The molecule has 0 bridgehead atoms. The largest absolute Gasteiger partial charge is 0.462 e. The first-order valence-corrected chi connectivity index (χ1v) is 10.8. The van der Waals surface area contributed by atoms with Crippen LogP contribution in [0.4, 0.5) is 4.39 Å². The van der Waals surface area contributed by atoms with E-state index in [2.05, 4.69) is 21.0 Å². The molecule has 166 valence electrons. The number of aromatic amines is 1. The number of H-pyrrole nitrogens is 1. The first-order chi connectivity index (χ1) is 13.5. The molecule has 29 heavy (non-hydrogen) atoms. The van der Waals surface area contributed by atoms with Gasteiger partial charge in [0, 0.05) is 12.3 Å². The lowest BCUT2D eigenvalue weighted by molar-refractivity contribution is -0.149. The molecule has 0 aliphatic carbocycles. The van der Waals surface area contributed by atoms with Crippen LogP contribution >= 0.6 is 24.1 Å². The molecule has 0 aromatic carbocycles. The molecule has 0 spiro atoms. The minimum Gasteiger partial charge on any atom is -0.462 e. The van der Waals surface area contributed by atoms with Crippen LogP contribution in [0.2, 0.25) is 0 Å². The summed E-state index contributed by atoms with van der Waals surface area (Å²) in [6, 6.07) is 0.0967. The number of aliphatic hydroxyl groups is 1. The van der Waals surface area contributed by atoms with E-state index in [1.807, 2.05) is 4.98 Å². The maximum atomic E-state index is 13.4. The molecule has 0 aliphatic rings. The topological polar surface area (TPSA) is 149 Å². The average Bonchev–Trinajstić information content (AvgIpc) is 2.61. The van der Waals surface area contributed by atoms with Gasteiger partial charge in [-0.25, -0.2) is 14.3 Å². The lowest BCUT2D eigenvalue weighted by Crippen LogP contribution is -2.38. The molecule has 1 heterocycles. The van der Waals surface area contributed by atoms with Gasteiger partial charge >= 0.3 is 11.7 Å². The zero-order valence-corrected chi connectivity index (χ0v) is 18.5. The Morgan fingerprint density at radius 1 is 1.41 bits per heavy atom. The van der Waals surface area contributed by atoms with Gasteiger partial charge in [-0.2, -0.15) is 0 Å². The molecule has 1 rings (SSSR count). The van der Waals surface area contributed by atoms with Crippen molar-refractivity contribution in [2.45, 2.75) is 50.3 Å².